The third kappa shape index (κ3) is 1.66. The number of hydrogen-bond acceptors (Lipinski definition) is 2. The fraction of sp³-hybridized carbons (Fsp3) is 0. The van der Waals surface area contributed by atoms with E-state index in [1.54, 1.807) is 24.3 Å². The lowest BCUT2D eigenvalue weighted by molar-refractivity contribution is 0.553. The molecule has 18 heavy (non-hydrogen) atoms. The Bertz CT molecular complexity index is 854. The van der Waals surface area contributed by atoms with E-state index in [1.807, 2.05) is 24.3 Å². The Morgan fingerprint density at radius 2 is 1.44 bits per heavy atom. The van der Waals surface area contributed by atoms with E-state index in [9.17, 15) is 12.3 Å². The summed E-state index contributed by atoms with van der Waals surface area (Å²) in [7, 11) is -4.70. The van der Waals surface area contributed by atoms with Crippen LogP contribution in [0.3, 0.4) is 0 Å². The molecule has 0 fully saturated rings. The highest BCUT2D eigenvalue weighted by molar-refractivity contribution is 7.86. The number of benzene rings is 3. The molecule has 0 heterocycles. The number of hydrogen-bond donors (Lipinski definition) is 0. The maximum atomic E-state index is 13.2. The van der Waals surface area contributed by atoms with Crippen LogP contribution >= 0.6 is 0 Å². The fourth-order valence-corrected chi connectivity index (χ4v) is 2.91. The number of rotatable bonds is 1. The lowest BCUT2D eigenvalue weighted by Gasteiger charge is -2.06. The molecule has 0 bridgehead atoms. The Balaban J connectivity index is 2.56. The van der Waals surface area contributed by atoms with Crippen molar-refractivity contribution >= 4 is 31.8 Å². The Morgan fingerprint density at radius 1 is 0.722 bits per heavy atom. The molecule has 0 saturated carbocycles. The molecule has 0 aliphatic heterocycles. The van der Waals surface area contributed by atoms with Crippen LogP contribution in [0.1, 0.15) is 0 Å². The summed E-state index contributed by atoms with van der Waals surface area (Å²) in [6.07, 6.45) is 0. The first-order valence-electron chi connectivity index (χ1n) is 5.42. The molecule has 0 saturated heterocycles. The third-order valence-corrected chi connectivity index (χ3v) is 3.89. The van der Waals surface area contributed by atoms with Crippen LogP contribution in [0, 0.1) is 0 Å². The minimum Gasteiger partial charge on any atom is -0.189 e. The van der Waals surface area contributed by atoms with Gasteiger partial charge in [0.15, 0.2) is 0 Å². The summed E-state index contributed by atoms with van der Waals surface area (Å²) in [5.74, 6) is 0. The van der Waals surface area contributed by atoms with Gasteiger partial charge in [-0.05, 0) is 22.2 Å². The maximum Gasteiger partial charge on any atom is 0.332 e. The van der Waals surface area contributed by atoms with E-state index in [1.165, 1.54) is 6.07 Å². The third-order valence-electron chi connectivity index (χ3n) is 3.01. The zero-order chi connectivity index (χ0) is 12.8. The van der Waals surface area contributed by atoms with Crippen LogP contribution < -0.4 is 0 Å². The fourth-order valence-electron chi connectivity index (χ4n) is 2.22. The molecule has 0 radical (unpaired) electrons. The summed E-state index contributed by atoms with van der Waals surface area (Å²) >= 11 is 0. The smallest absolute Gasteiger partial charge is 0.189 e. The molecule has 0 amide bonds. The van der Waals surface area contributed by atoms with Gasteiger partial charge in [0.25, 0.3) is 0 Å². The maximum absolute atomic E-state index is 13.2. The largest absolute Gasteiger partial charge is 0.332 e. The first kappa shape index (κ1) is 11.2. The van der Waals surface area contributed by atoms with Gasteiger partial charge in [0, 0.05) is 5.39 Å². The highest BCUT2D eigenvalue weighted by Gasteiger charge is 2.16. The highest BCUT2D eigenvalue weighted by atomic mass is 32.3. The summed E-state index contributed by atoms with van der Waals surface area (Å²) in [6, 6.07) is 15.7. The molecule has 3 aromatic carbocycles. The zero-order valence-electron chi connectivity index (χ0n) is 9.30. The van der Waals surface area contributed by atoms with Gasteiger partial charge in [-0.3, -0.25) is 0 Å². The molecular weight excluding hydrogens is 251 g/mol. The second-order valence-electron chi connectivity index (χ2n) is 4.08. The van der Waals surface area contributed by atoms with Crippen molar-refractivity contribution in [3.8, 4) is 0 Å². The van der Waals surface area contributed by atoms with Crippen LogP contribution in [0.5, 0.6) is 0 Å². The van der Waals surface area contributed by atoms with Crippen LogP contribution in [0.2, 0.25) is 0 Å². The summed E-state index contributed by atoms with van der Waals surface area (Å²) in [5, 5.41) is 3.07. The van der Waals surface area contributed by atoms with Gasteiger partial charge >= 0.3 is 10.2 Å². The van der Waals surface area contributed by atoms with E-state index in [0.717, 1.165) is 16.2 Å². The van der Waals surface area contributed by atoms with E-state index in [-0.39, 0.29) is 4.90 Å². The molecule has 0 aliphatic carbocycles. The van der Waals surface area contributed by atoms with Gasteiger partial charge in [-0.15, -0.1) is 3.89 Å². The molecule has 0 aromatic heterocycles. The topological polar surface area (TPSA) is 34.1 Å². The van der Waals surface area contributed by atoms with Gasteiger partial charge in [-0.2, -0.15) is 8.42 Å². The van der Waals surface area contributed by atoms with E-state index in [0.29, 0.717) is 5.39 Å². The first-order chi connectivity index (χ1) is 8.57. The quantitative estimate of drug-likeness (QED) is 0.494. The van der Waals surface area contributed by atoms with E-state index in [2.05, 4.69) is 0 Å². The van der Waals surface area contributed by atoms with E-state index in [4.69, 9.17) is 0 Å². The molecule has 0 spiro atoms. The Hall–Kier alpha value is -1.94. The van der Waals surface area contributed by atoms with E-state index >= 15 is 0 Å². The van der Waals surface area contributed by atoms with Crippen molar-refractivity contribution in [1.29, 1.82) is 0 Å². The van der Waals surface area contributed by atoms with Gasteiger partial charge < -0.3 is 0 Å². The second-order valence-corrected chi connectivity index (χ2v) is 5.39. The van der Waals surface area contributed by atoms with Crippen molar-refractivity contribution in [1.82, 2.24) is 0 Å². The molecule has 0 N–H and O–H groups in total. The Kier molecular flexibility index (Phi) is 2.35. The van der Waals surface area contributed by atoms with Crippen molar-refractivity contribution in [2.24, 2.45) is 0 Å². The predicted molar refractivity (Wildman–Crippen MR) is 69.7 cm³/mol. The van der Waals surface area contributed by atoms with Gasteiger partial charge in [0.1, 0.15) is 4.90 Å². The summed E-state index contributed by atoms with van der Waals surface area (Å²) in [6.45, 7) is 0. The number of halogens is 1. The van der Waals surface area contributed by atoms with Crippen molar-refractivity contribution in [2.75, 3.05) is 0 Å². The molecule has 2 nitrogen and oxygen atoms in total. The van der Waals surface area contributed by atoms with Gasteiger partial charge in [-0.1, -0.05) is 48.5 Å². The van der Waals surface area contributed by atoms with Crippen LogP contribution in [0.25, 0.3) is 21.5 Å². The minimum absolute atomic E-state index is 0.272. The van der Waals surface area contributed by atoms with Crippen molar-refractivity contribution in [2.45, 2.75) is 4.90 Å². The molecule has 0 unspecified atom stereocenters. The lowest BCUT2D eigenvalue weighted by Crippen LogP contribution is -1.93. The molecule has 3 rings (SSSR count). The van der Waals surface area contributed by atoms with Gasteiger partial charge in [0.05, 0.1) is 0 Å². The zero-order valence-corrected chi connectivity index (χ0v) is 10.1. The SMILES string of the molecule is O=S(=O)(F)c1cccc2c1ccc1ccccc12. The van der Waals surface area contributed by atoms with Gasteiger partial charge in [0.2, 0.25) is 0 Å². The summed E-state index contributed by atoms with van der Waals surface area (Å²) in [5.41, 5.74) is 0. The molecule has 0 atom stereocenters. The normalized spacial score (nSPS) is 12.1. The average Bonchev–Trinajstić information content (AvgIpc) is 2.36. The molecular formula is C14H9FO2S. The van der Waals surface area contributed by atoms with Crippen LogP contribution in [-0.4, -0.2) is 8.42 Å². The number of fused-ring (bicyclic) bond motifs is 3. The Labute approximate surface area is 104 Å². The highest BCUT2D eigenvalue weighted by Crippen LogP contribution is 2.30. The van der Waals surface area contributed by atoms with Crippen LogP contribution in [-0.2, 0) is 10.2 Å². The first-order valence-corrected chi connectivity index (χ1v) is 6.81. The predicted octanol–water partition coefficient (Wildman–Crippen LogP) is 3.65. The Morgan fingerprint density at radius 3 is 2.22 bits per heavy atom. The summed E-state index contributed by atoms with van der Waals surface area (Å²) < 4.78 is 35.5. The standard InChI is InChI=1S/C14H9FO2S/c15-18(16,17)14-7-3-6-12-11-5-2-1-4-10(11)8-9-13(12)14/h1-9H. The van der Waals surface area contributed by atoms with E-state index < -0.39 is 10.2 Å². The molecule has 4 heteroatoms. The van der Waals surface area contributed by atoms with Crippen molar-refractivity contribution in [3.63, 3.8) is 0 Å². The molecule has 90 valence electrons. The van der Waals surface area contributed by atoms with Gasteiger partial charge in [-0.25, -0.2) is 0 Å². The van der Waals surface area contributed by atoms with Crippen LogP contribution in [0.15, 0.2) is 59.5 Å². The second kappa shape index (κ2) is 3.78. The molecule has 3 aromatic rings. The summed E-state index contributed by atoms with van der Waals surface area (Å²) in [4.78, 5) is -0.272. The lowest BCUT2D eigenvalue weighted by atomic mass is 10.0. The van der Waals surface area contributed by atoms with Crippen molar-refractivity contribution in [3.05, 3.63) is 54.6 Å². The molecule has 0 aliphatic rings. The van der Waals surface area contributed by atoms with Crippen LogP contribution in [0.4, 0.5) is 3.89 Å². The van der Waals surface area contributed by atoms with Crippen molar-refractivity contribution < 1.29 is 12.3 Å². The minimum atomic E-state index is -4.70. The monoisotopic (exact) mass is 260 g/mol. The average molecular weight is 260 g/mol.